The van der Waals surface area contributed by atoms with Gasteiger partial charge in [0.15, 0.2) is 0 Å². The molecule has 3 rings (SSSR count). The van der Waals surface area contributed by atoms with Crippen molar-refractivity contribution in [3.63, 3.8) is 0 Å². The maximum absolute atomic E-state index is 11.8. The van der Waals surface area contributed by atoms with Crippen LogP contribution in [0.1, 0.15) is 31.2 Å². The standard InChI is InChI=1S/C17H21NO/c19-17(9-7-13-4-2-1-3-5-13)18-12-16-11-14-6-8-15(16)10-14/h1-5,7,9,14-16H,6,8,10-12H2,(H,18,19)/b9-7+/t14-,15+,16+/m0/s1. The molecule has 0 unspecified atom stereocenters. The van der Waals surface area contributed by atoms with Gasteiger partial charge in [0, 0.05) is 12.6 Å². The highest BCUT2D eigenvalue weighted by Gasteiger charge is 2.39. The zero-order valence-corrected chi connectivity index (χ0v) is 11.2. The first kappa shape index (κ1) is 12.5. The Morgan fingerprint density at radius 3 is 2.74 bits per heavy atom. The minimum absolute atomic E-state index is 0.0339. The highest BCUT2D eigenvalue weighted by Crippen LogP contribution is 2.47. The second kappa shape index (κ2) is 5.60. The smallest absolute Gasteiger partial charge is 0.244 e. The van der Waals surface area contributed by atoms with E-state index in [9.17, 15) is 4.79 Å². The molecule has 0 aromatic heterocycles. The molecular weight excluding hydrogens is 234 g/mol. The molecule has 1 aromatic carbocycles. The van der Waals surface area contributed by atoms with Gasteiger partial charge in [-0.15, -0.1) is 0 Å². The highest BCUT2D eigenvalue weighted by molar-refractivity contribution is 5.91. The average Bonchev–Trinajstić information content (AvgIpc) is 3.06. The van der Waals surface area contributed by atoms with Crippen LogP contribution < -0.4 is 5.32 Å². The number of rotatable bonds is 4. The van der Waals surface area contributed by atoms with E-state index in [4.69, 9.17) is 0 Å². The number of carbonyl (C=O) groups is 1. The summed E-state index contributed by atoms with van der Waals surface area (Å²) in [5.74, 6) is 2.59. The number of amides is 1. The van der Waals surface area contributed by atoms with E-state index in [1.165, 1.54) is 25.7 Å². The molecule has 0 aliphatic heterocycles. The van der Waals surface area contributed by atoms with Gasteiger partial charge in [-0.05, 0) is 48.7 Å². The van der Waals surface area contributed by atoms with Gasteiger partial charge in [0.05, 0.1) is 0 Å². The third-order valence-electron chi connectivity index (χ3n) is 4.65. The lowest BCUT2D eigenvalue weighted by Gasteiger charge is -2.21. The predicted molar refractivity (Wildman–Crippen MR) is 77.4 cm³/mol. The Morgan fingerprint density at radius 2 is 2.05 bits per heavy atom. The molecule has 0 spiro atoms. The van der Waals surface area contributed by atoms with Crippen molar-refractivity contribution < 1.29 is 4.79 Å². The van der Waals surface area contributed by atoms with Gasteiger partial charge < -0.3 is 5.32 Å². The molecule has 1 amide bonds. The van der Waals surface area contributed by atoms with Gasteiger partial charge in [0.2, 0.25) is 5.91 Å². The van der Waals surface area contributed by atoms with Crippen molar-refractivity contribution in [3.05, 3.63) is 42.0 Å². The Labute approximate surface area is 114 Å². The molecule has 19 heavy (non-hydrogen) atoms. The number of nitrogens with one attached hydrogen (secondary N) is 1. The van der Waals surface area contributed by atoms with Crippen LogP contribution in [0, 0.1) is 17.8 Å². The van der Waals surface area contributed by atoms with Crippen molar-refractivity contribution in [3.8, 4) is 0 Å². The molecule has 2 aliphatic carbocycles. The molecule has 2 bridgehead atoms. The Balaban J connectivity index is 1.46. The lowest BCUT2D eigenvalue weighted by atomic mass is 9.89. The van der Waals surface area contributed by atoms with Crippen molar-refractivity contribution in [2.45, 2.75) is 25.7 Å². The van der Waals surface area contributed by atoms with Crippen LogP contribution in [-0.2, 0) is 4.79 Å². The number of carbonyl (C=O) groups excluding carboxylic acids is 1. The van der Waals surface area contributed by atoms with E-state index in [0.29, 0.717) is 0 Å². The van der Waals surface area contributed by atoms with Crippen LogP contribution in [0.4, 0.5) is 0 Å². The van der Waals surface area contributed by atoms with Crippen molar-refractivity contribution in [2.24, 2.45) is 17.8 Å². The molecule has 0 radical (unpaired) electrons. The Morgan fingerprint density at radius 1 is 1.21 bits per heavy atom. The van der Waals surface area contributed by atoms with Crippen LogP contribution in [0.2, 0.25) is 0 Å². The summed E-state index contributed by atoms with van der Waals surface area (Å²) < 4.78 is 0. The van der Waals surface area contributed by atoms with E-state index in [1.807, 2.05) is 36.4 Å². The van der Waals surface area contributed by atoms with Crippen LogP contribution in [0.15, 0.2) is 36.4 Å². The summed E-state index contributed by atoms with van der Waals surface area (Å²) >= 11 is 0. The third kappa shape index (κ3) is 3.06. The van der Waals surface area contributed by atoms with Crippen LogP contribution >= 0.6 is 0 Å². The van der Waals surface area contributed by atoms with Crippen molar-refractivity contribution in [1.29, 1.82) is 0 Å². The third-order valence-corrected chi connectivity index (χ3v) is 4.65. The van der Waals surface area contributed by atoms with E-state index in [-0.39, 0.29) is 5.91 Å². The zero-order chi connectivity index (χ0) is 13.1. The van der Waals surface area contributed by atoms with E-state index in [2.05, 4.69) is 5.32 Å². The Kier molecular flexibility index (Phi) is 3.67. The molecule has 2 aliphatic rings. The summed E-state index contributed by atoms with van der Waals surface area (Å²) in [6.45, 7) is 0.860. The maximum Gasteiger partial charge on any atom is 0.244 e. The van der Waals surface area contributed by atoms with Gasteiger partial charge in [-0.1, -0.05) is 36.8 Å². The molecule has 0 heterocycles. The molecule has 2 heteroatoms. The number of fused-ring (bicyclic) bond motifs is 2. The normalized spacial score (nSPS) is 28.9. The first-order chi connectivity index (χ1) is 9.31. The maximum atomic E-state index is 11.8. The van der Waals surface area contributed by atoms with E-state index in [0.717, 1.165) is 29.9 Å². The van der Waals surface area contributed by atoms with Crippen LogP contribution in [-0.4, -0.2) is 12.5 Å². The average molecular weight is 255 g/mol. The SMILES string of the molecule is O=C(/C=C/c1ccccc1)NC[C@H]1C[C@H]2CC[C@@H]1C2. The van der Waals surface area contributed by atoms with Gasteiger partial charge in [0.1, 0.15) is 0 Å². The summed E-state index contributed by atoms with van der Waals surface area (Å²) in [5, 5.41) is 3.05. The number of hydrogen-bond acceptors (Lipinski definition) is 1. The molecule has 2 saturated carbocycles. The van der Waals surface area contributed by atoms with Gasteiger partial charge in [-0.3, -0.25) is 4.79 Å². The fraction of sp³-hybridized carbons (Fsp3) is 0.471. The first-order valence-corrected chi connectivity index (χ1v) is 7.32. The monoisotopic (exact) mass is 255 g/mol. The minimum atomic E-state index is 0.0339. The van der Waals surface area contributed by atoms with Gasteiger partial charge >= 0.3 is 0 Å². The van der Waals surface area contributed by atoms with Crippen molar-refractivity contribution in [1.82, 2.24) is 5.32 Å². The van der Waals surface area contributed by atoms with E-state index < -0.39 is 0 Å². The van der Waals surface area contributed by atoms with Crippen molar-refractivity contribution in [2.75, 3.05) is 6.54 Å². The number of benzene rings is 1. The molecule has 2 nitrogen and oxygen atoms in total. The quantitative estimate of drug-likeness (QED) is 0.822. The molecule has 3 atom stereocenters. The lowest BCUT2D eigenvalue weighted by Crippen LogP contribution is -2.30. The predicted octanol–water partition coefficient (Wildman–Crippen LogP) is 3.25. The van der Waals surface area contributed by atoms with Crippen LogP contribution in [0.25, 0.3) is 6.08 Å². The summed E-state index contributed by atoms with van der Waals surface area (Å²) in [4.78, 5) is 11.8. The summed E-state index contributed by atoms with van der Waals surface area (Å²) in [5.41, 5.74) is 1.07. The second-order valence-corrected chi connectivity index (χ2v) is 5.92. The van der Waals surface area contributed by atoms with Crippen LogP contribution in [0.5, 0.6) is 0 Å². The molecule has 0 saturated heterocycles. The largest absolute Gasteiger partial charge is 0.352 e. The van der Waals surface area contributed by atoms with Gasteiger partial charge in [-0.2, -0.15) is 0 Å². The molecule has 100 valence electrons. The van der Waals surface area contributed by atoms with Gasteiger partial charge in [-0.25, -0.2) is 0 Å². The zero-order valence-electron chi connectivity index (χ0n) is 11.2. The van der Waals surface area contributed by atoms with E-state index in [1.54, 1.807) is 6.08 Å². The van der Waals surface area contributed by atoms with Gasteiger partial charge in [0.25, 0.3) is 0 Å². The first-order valence-electron chi connectivity index (χ1n) is 7.32. The second-order valence-electron chi connectivity index (χ2n) is 5.92. The van der Waals surface area contributed by atoms with E-state index >= 15 is 0 Å². The fourth-order valence-corrected chi connectivity index (χ4v) is 3.65. The lowest BCUT2D eigenvalue weighted by molar-refractivity contribution is -0.116. The molecular formula is C17H21NO. The Bertz CT molecular complexity index is 465. The molecule has 1 N–H and O–H groups in total. The molecule has 2 fully saturated rings. The molecule has 1 aromatic rings. The summed E-state index contributed by atoms with van der Waals surface area (Å²) in [6.07, 6.45) is 9.04. The van der Waals surface area contributed by atoms with Crippen molar-refractivity contribution >= 4 is 12.0 Å². The van der Waals surface area contributed by atoms with Crippen LogP contribution in [0.3, 0.4) is 0 Å². The highest BCUT2D eigenvalue weighted by atomic mass is 16.1. The minimum Gasteiger partial charge on any atom is -0.352 e. The fourth-order valence-electron chi connectivity index (χ4n) is 3.65. The topological polar surface area (TPSA) is 29.1 Å². The Hall–Kier alpha value is -1.57. The number of hydrogen-bond donors (Lipinski definition) is 1. The summed E-state index contributed by atoms with van der Waals surface area (Å²) in [6, 6.07) is 9.94. The summed E-state index contributed by atoms with van der Waals surface area (Å²) in [7, 11) is 0.